The lowest BCUT2D eigenvalue weighted by Crippen LogP contribution is -2.04. The Labute approximate surface area is 139 Å². The quantitative estimate of drug-likeness (QED) is 0.673. The zero-order valence-electron chi connectivity index (χ0n) is 12.5. The predicted octanol–water partition coefficient (Wildman–Crippen LogP) is 3.45. The Morgan fingerprint density at radius 3 is 2.21 bits per heavy atom. The van der Waals surface area contributed by atoms with E-state index in [2.05, 4.69) is 16.8 Å². The molecule has 0 saturated carbocycles. The molecule has 24 heavy (non-hydrogen) atoms. The molecule has 0 aliphatic heterocycles. The topological polar surface area (TPSA) is 47.0 Å². The summed E-state index contributed by atoms with van der Waals surface area (Å²) in [5.74, 6) is 5.08. The molecule has 0 unspecified atom stereocenters. The highest BCUT2D eigenvalue weighted by Crippen LogP contribution is 2.18. The average Bonchev–Trinajstić information content (AvgIpc) is 2.62. The minimum absolute atomic E-state index is 0.0508. The van der Waals surface area contributed by atoms with Crippen molar-refractivity contribution in [2.24, 2.45) is 0 Å². The van der Waals surface area contributed by atoms with Crippen LogP contribution in [0.2, 0.25) is 0 Å². The fourth-order valence-corrected chi connectivity index (χ4v) is 3.23. The summed E-state index contributed by atoms with van der Waals surface area (Å²) in [5.41, 5.74) is 0.781. The van der Waals surface area contributed by atoms with Crippen LogP contribution in [0.25, 0.3) is 0 Å². The summed E-state index contributed by atoms with van der Waals surface area (Å²) < 4.78 is 38.3. The van der Waals surface area contributed by atoms with Gasteiger partial charge in [0.1, 0.15) is 5.82 Å². The summed E-state index contributed by atoms with van der Waals surface area (Å²) >= 11 is 0. The fraction of sp³-hybridized carbons (Fsp3) is 0. The number of sulfone groups is 1. The molecule has 0 N–H and O–H groups in total. The minimum Gasteiger partial charge on any atom is -0.243 e. The maximum atomic E-state index is 13.5. The Hall–Kier alpha value is -2.97. The van der Waals surface area contributed by atoms with Gasteiger partial charge in [0.25, 0.3) is 0 Å². The van der Waals surface area contributed by atoms with Crippen LogP contribution in [-0.2, 0) is 9.84 Å². The van der Waals surface area contributed by atoms with Crippen molar-refractivity contribution >= 4 is 9.84 Å². The molecular formula is C19H12FNO2S. The van der Waals surface area contributed by atoms with Gasteiger partial charge in [0, 0.05) is 11.8 Å². The van der Waals surface area contributed by atoms with Gasteiger partial charge in [-0.25, -0.2) is 17.8 Å². The molecule has 3 rings (SSSR count). The predicted molar refractivity (Wildman–Crippen MR) is 88.5 cm³/mol. The lowest BCUT2D eigenvalue weighted by atomic mass is 10.2. The van der Waals surface area contributed by atoms with Gasteiger partial charge in [0.2, 0.25) is 9.84 Å². The average molecular weight is 337 g/mol. The molecule has 0 atom stereocenters. The van der Waals surface area contributed by atoms with E-state index in [1.807, 2.05) is 0 Å². The van der Waals surface area contributed by atoms with Gasteiger partial charge in [-0.05, 0) is 36.4 Å². The Kier molecular flexibility index (Phi) is 4.41. The number of hydrogen-bond donors (Lipinski definition) is 0. The van der Waals surface area contributed by atoms with E-state index in [1.54, 1.807) is 42.5 Å². The SMILES string of the molecule is O=S(=O)(c1ccccc1)c1ccc(C#Cc2ccccc2F)cn1. The molecule has 0 bridgehead atoms. The highest BCUT2D eigenvalue weighted by atomic mass is 32.2. The molecule has 0 amide bonds. The van der Waals surface area contributed by atoms with Crippen LogP contribution in [0, 0.1) is 17.7 Å². The largest absolute Gasteiger partial charge is 0.243 e. The van der Waals surface area contributed by atoms with Crippen molar-refractivity contribution in [2.45, 2.75) is 9.92 Å². The number of aromatic nitrogens is 1. The summed E-state index contributed by atoms with van der Waals surface area (Å²) in [7, 11) is -3.65. The van der Waals surface area contributed by atoms with E-state index >= 15 is 0 Å². The second-order valence-electron chi connectivity index (χ2n) is 4.93. The van der Waals surface area contributed by atoms with Crippen molar-refractivity contribution in [3.63, 3.8) is 0 Å². The smallest absolute Gasteiger partial charge is 0.223 e. The highest BCUT2D eigenvalue weighted by molar-refractivity contribution is 7.91. The molecular weight excluding hydrogens is 325 g/mol. The van der Waals surface area contributed by atoms with Crippen molar-refractivity contribution in [3.05, 3.63) is 89.9 Å². The van der Waals surface area contributed by atoms with Gasteiger partial charge >= 0.3 is 0 Å². The lowest BCUT2D eigenvalue weighted by molar-refractivity contribution is 0.592. The third-order valence-electron chi connectivity index (χ3n) is 3.28. The summed E-state index contributed by atoms with van der Waals surface area (Å²) in [4.78, 5) is 4.16. The van der Waals surface area contributed by atoms with Crippen LogP contribution in [0.4, 0.5) is 4.39 Å². The van der Waals surface area contributed by atoms with Crippen molar-refractivity contribution in [2.75, 3.05) is 0 Å². The van der Waals surface area contributed by atoms with Crippen molar-refractivity contribution in [3.8, 4) is 11.8 Å². The first-order valence-corrected chi connectivity index (χ1v) is 8.58. The van der Waals surface area contributed by atoms with E-state index in [0.29, 0.717) is 5.56 Å². The molecule has 0 fully saturated rings. The zero-order chi connectivity index (χ0) is 17.0. The number of pyridine rings is 1. The molecule has 118 valence electrons. The van der Waals surface area contributed by atoms with Crippen LogP contribution in [0.5, 0.6) is 0 Å². The Morgan fingerprint density at radius 1 is 0.833 bits per heavy atom. The Balaban J connectivity index is 1.89. The van der Waals surface area contributed by atoms with Gasteiger partial charge in [-0.2, -0.15) is 0 Å². The highest BCUT2D eigenvalue weighted by Gasteiger charge is 2.18. The van der Waals surface area contributed by atoms with E-state index in [4.69, 9.17) is 0 Å². The monoisotopic (exact) mass is 337 g/mol. The lowest BCUT2D eigenvalue weighted by Gasteiger charge is -2.03. The van der Waals surface area contributed by atoms with Crippen LogP contribution in [0.15, 0.2) is 82.8 Å². The molecule has 3 nitrogen and oxygen atoms in total. The Bertz CT molecular complexity index is 1020. The van der Waals surface area contributed by atoms with E-state index < -0.39 is 15.7 Å². The summed E-state index contributed by atoms with van der Waals surface area (Å²) in [6.07, 6.45) is 1.36. The van der Waals surface area contributed by atoms with Crippen LogP contribution in [0.1, 0.15) is 11.1 Å². The van der Waals surface area contributed by atoms with Crippen LogP contribution >= 0.6 is 0 Å². The minimum atomic E-state index is -3.65. The first-order chi connectivity index (χ1) is 11.6. The van der Waals surface area contributed by atoms with Crippen molar-refractivity contribution < 1.29 is 12.8 Å². The summed E-state index contributed by atoms with van der Waals surface area (Å²) in [6, 6.07) is 17.2. The van der Waals surface area contributed by atoms with Crippen LogP contribution < -0.4 is 0 Å². The second-order valence-corrected chi connectivity index (χ2v) is 6.83. The molecule has 0 aliphatic rings. The number of nitrogens with zero attached hydrogens (tertiary/aromatic N) is 1. The standard InChI is InChI=1S/C19H12FNO2S/c20-18-9-5-4-6-16(18)12-10-15-11-13-19(21-14-15)24(22,23)17-7-2-1-3-8-17/h1-9,11,13-14H. The molecule has 5 heteroatoms. The molecule has 0 aliphatic carbocycles. The molecule has 3 aromatic rings. The first kappa shape index (κ1) is 15.9. The number of halogens is 1. The Morgan fingerprint density at radius 2 is 1.54 bits per heavy atom. The molecule has 0 radical (unpaired) electrons. The molecule has 0 spiro atoms. The maximum Gasteiger partial charge on any atom is 0.223 e. The van der Waals surface area contributed by atoms with Gasteiger partial charge in [-0.3, -0.25) is 0 Å². The summed E-state index contributed by atoms with van der Waals surface area (Å²) in [6.45, 7) is 0. The van der Waals surface area contributed by atoms with Crippen molar-refractivity contribution in [1.82, 2.24) is 4.98 Å². The van der Waals surface area contributed by atoms with Crippen molar-refractivity contribution in [1.29, 1.82) is 0 Å². The molecule has 1 heterocycles. The van der Waals surface area contributed by atoms with E-state index in [1.165, 1.54) is 30.5 Å². The number of benzene rings is 2. The van der Waals surface area contributed by atoms with E-state index in [9.17, 15) is 12.8 Å². The zero-order valence-corrected chi connectivity index (χ0v) is 13.3. The number of hydrogen-bond acceptors (Lipinski definition) is 3. The first-order valence-electron chi connectivity index (χ1n) is 7.10. The van der Waals surface area contributed by atoms with Crippen LogP contribution in [0.3, 0.4) is 0 Å². The molecule has 1 aromatic heterocycles. The molecule has 2 aromatic carbocycles. The van der Waals surface area contributed by atoms with E-state index in [0.717, 1.165) is 0 Å². The van der Waals surface area contributed by atoms with E-state index in [-0.39, 0.29) is 15.5 Å². The normalized spacial score (nSPS) is 10.7. The van der Waals surface area contributed by atoms with Gasteiger partial charge in [0.05, 0.1) is 10.5 Å². The third kappa shape index (κ3) is 3.34. The fourth-order valence-electron chi connectivity index (χ4n) is 2.04. The van der Waals surface area contributed by atoms with Gasteiger partial charge in [0.15, 0.2) is 5.03 Å². The van der Waals surface area contributed by atoms with Gasteiger partial charge < -0.3 is 0 Å². The maximum absolute atomic E-state index is 13.5. The third-order valence-corrected chi connectivity index (χ3v) is 4.97. The molecule has 0 saturated heterocycles. The second kappa shape index (κ2) is 6.65. The summed E-state index contributed by atoms with van der Waals surface area (Å²) in [5, 5.41) is -0.0508. The van der Waals surface area contributed by atoms with Gasteiger partial charge in [-0.1, -0.05) is 42.2 Å². The number of rotatable bonds is 2. The van der Waals surface area contributed by atoms with Crippen LogP contribution in [-0.4, -0.2) is 13.4 Å². The van der Waals surface area contributed by atoms with Gasteiger partial charge in [-0.15, -0.1) is 0 Å².